The van der Waals surface area contributed by atoms with E-state index in [2.05, 4.69) is 11.1 Å². The number of hydrogen-bond acceptors (Lipinski definition) is 5. The lowest BCUT2D eigenvalue weighted by molar-refractivity contribution is 0.563. The van der Waals surface area contributed by atoms with Crippen molar-refractivity contribution in [1.82, 2.24) is 4.98 Å². The molecule has 0 N–H and O–H groups in total. The molecule has 0 aliphatic carbocycles. The largest absolute Gasteiger partial charge is 0.270 e. The number of nitrogens with zero attached hydrogens (tertiary/aromatic N) is 2. The summed E-state index contributed by atoms with van der Waals surface area (Å²) in [6, 6.07) is 6.20. The molecule has 1 aliphatic rings. The van der Waals surface area contributed by atoms with Crippen LogP contribution in [0.15, 0.2) is 30.5 Å². The molecule has 0 saturated heterocycles. The number of hydrogen-bond donors (Lipinski definition) is 0. The Morgan fingerprint density at radius 2 is 1.82 bits per heavy atom. The predicted molar refractivity (Wildman–Crippen MR) is 112 cm³/mol. The first-order valence-electron chi connectivity index (χ1n) is 8.06. The highest BCUT2D eigenvalue weighted by Crippen LogP contribution is 2.47. The van der Waals surface area contributed by atoms with Crippen LogP contribution in [-0.2, 0) is 24.6 Å². The van der Waals surface area contributed by atoms with Gasteiger partial charge in [0.15, 0.2) is 9.84 Å². The Hall–Kier alpha value is -1.61. The zero-order chi connectivity index (χ0) is 21.1. The van der Waals surface area contributed by atoms with E-state index in [1.807, 2.05) is 0 Å². The molecule has 2 aromatic rings. The summed E-state index contributed by atoms with van der Waals surface area (Å²) in [7, 11) is -6.29. The van der Waals surface area contributed by atoms with Crippen LogP contribution in [0.2, 0.25) is 10.0 Å². The summed E-state index contributed by atoms with van der Waals surface area (Å²) in [6.45, 7) is 3.16. The van der Waals surface area contributed by atoms with Gasteiger partial charge < -0.3 is 0 Å². The van der Waals surface area contributed by atoms with E-state index < -0.39 is 24.6 Å². The quantitative estimate of drug-likeness (QED) is 0.699. The lowest BCUT2D eigenvalue weighted by Crippen LogP contribution is -2.34. The van der Waals surface area contributed by atoms with Gasteiger partial charge in [0.05, 0.1) is 37.3 Å². The molecule has 0 fully saturated rings. The molecule has 2 heterocycles. The third-order valence-electron chi connectivity index (χ3n) is 4.75. The number of aromatic nitrogens is 1. The Morgan fingerprint density at radius 1 is 1.18 bits per heavy atom. The topological polar surface area (TPSA) is 84.4 Å². The van der Waals surface area contributed by atoms with E-state index >= 15 is 0 Å². The molecule has 1 aromatic heterocycles. The highest BCUT2D eigenvalue weighted by Gasteiger charge is 2.45. The lowest BCUT2D eigenvalue weighted by Gasteiger charge is -2.32. The molecule has 0 atom stereocenters. The van der Waals surface area contributed by atoms with Crippen molar-refractivity contribution < 1.29 is 16.8 Å². The molecular weight excluding hydrogens is 443 g/mol. The van der Waals surface area contributed by atoms with Crippen LogP contribution in [-0.4, -0.2) is 35.1 Å². The number of anilines is 1. The first-order chi connectivity index (χ1) is 12.8. The second kappa shape index (κ2) is 6.73. The van der Waals surface area contributed by atoms with Gasteiger partial charge >= 0.3 is 0 Å². The number of sulfone groups is 1. The van der Waals surface area contributed by atoms with Gasteiger partial charge in [0, 0.05) is 24.9 Å². The van der Waals surface area contributed by atoms with Gasteiger partial charge in [-0.2, -0.15) is 0 Å². The zero-order valence-corrected chi connectivity index (χ0v) is 18.6. The van der Waals surface area contributed by atoms with Gasteiger partial charge in [-0.1, -0.05) is 35.3 Å². The van der Waals surface area contributed by atoms with Gasteiger partial charge in [-0.25, -0.2) is 16.8 Å². The predicted octanol–water partition coefficient (Wildman–Crippen LogP) is 3.64. The minimum absolute atomic E-state index is 0.00235. The molecule has 28 heavy (non-hydrogen) atoms. The molecule has 0 saturated carbocycles. The summed E-state index contributed by atoms with van der Waals surface area (Å²) in [5.74, 6) is 0. The summed E-state index contributed by atoms with van der Waals surface area (Å²) >= 11 is 12.6. The van der Waals surface area contributed by atoms with Gasteiger partial charge in [0.25, 0.3) is 0 Å². The van der Waals surface area contributed by atoms with E-state index in [4.69, 9.17) is 23.2 Å². The average molecular weight is 460 g/mol. The number of benzene rings is 1. The fourth-order valence-corrected chi connectivity index (χ4v) is 6.00. The number of pyridine rings is 1. The summed E-state index contributed by atoms with van der Waals surface area (Å²) in [4.78, 5) is 4.07. The molecule has 0 amide bonds. The molecule has 6 nitrogen and oxygen atoms in total. The minimum atomic E-state index is -3.91. The van der Waals surface area contributed by atoms with E-state index in [0.717, 1.165) is 10.6 Å². The van der Waals surface area contributed by atoms with Gasteiger partial charge in [-0.15, -0.1) is 0 Å². The molecule has 10 heteroatoms. The van der Waals surface area contributed by atoms with E-state index in [1.54, 1.807) is 32.2 Å². The van der Waals surface area contributed by atoms with Crippen molar-refractivity contribution in [2.75, 3.05) is 17.6 Å². The van der Waals surface area contributed by atoms with Crippen LogP contribution in [0.5, 0.6) is 0 Å². The number of fused-ring (bicyclic) bond motifs is 1. The van der Waals surface area contributed by atoms with Crippen molar-refractivity contribution in [3.05, 3.63) is 63.4 Å². The van der Waals surface area contributed by atoms with Crippen LogP contribution in [0.3, 0.4) is 0 Å². The molecule has 3 rings (SSSR count). The van der Waals surface area contributed by atoms with E-state index in [-0.39, 0.29) is 26.2 Å². The zero-order valence-electron chi connectivity index (χ0n) is 15.5. The Bertz CT molecular complexity index is 1220. The third-order valence-corrected chi connectivity index (χ3v) is 9.04. The third kappa shape index (κ3) is 3.12. The van der Waals surface area contributed by atoms with E-state index in [1.165, 1.54) is 19.2 Å². The van der Waals surface area contributed by atoms with E-state index in [9.17, 15) is 16.8 Å². The van der Waals surface area contributed by atoms with Crippen molar-refractivity contribution in [2.24, 2.45) is 0 Å². The first-order valence-corrected chi connectivity index (χ1v) is 12.1. The van der Waals surface area contributed by atoms with Crippen LogP contribution in [0, 0.1) is 6.08 Å². The molecule has 1 radical (unpaired) electrons. The van der Waals surface area contributed by atoms with E-state index in [0.29, 0.717) is 11.3 Å². The first kappa shape index (κ1) is 21.1. The molecule has 0 unspecified atom stereocenters. The summed E-state index contributed by atoms with van der Waals surface area (Å²) < 4.78 is 50.3. The Labute approximate surface area is 174 Å². The van der Waals surface area contributed by atoms with Crippen LogP contribution < -0.4 is 4.31 Å². The second-order valence-electron chi connectivity index (χ2n) is 6.86. The van der Waals surface area contributed by atoms with Crippen molar-refractivity contribution >= 4 is 53.7 Å². The highest BCUT2D eigenvalue weighted by molar-refractivity contribution is 8.01. The number of halogens is 2. The van der Waals surface area contributed by atoms with Crippen LogP contribution in [0.25, 0.3) is 4.91 Å². The normalized spacial score (nSPS) is 17.6. The van der Waals surface area contributed by atoms with Crippen LogP contribution >= 0.6 is 23.2 Å². The van der Waals surface area contributed by atoms with Gasteiger partial charge in [0.1, 0.15) is 0 Å². The summed E-state index contributed by atoms with van der Waals surface area (Å²) in [5, 5.41) is -0.0186. The van der Waals surface area contributed by atoms with Crippen LogP contribution in [0.1, 0.15) is 30.7 Å². The molecular formula is C18H17Cl2N2O4S2. The van der Waals surface area contributed by atoms with Crippen molar-refractivity contribution in [3.63, 3.8) is 0 Å². The Balaban J connectivity index is 2.35. The van der Waals surface area contributed by atoms with Crippen LogP contribution in [0.4, 0.5) is 5.69 Å². The lowest BCUT2D eigenvalue weighted by atomic mass is 9.99. The fraction of sp³-hybridized carbons (Fsp3) is 0.278. The van der Waals surface area contributed by atoms with Gasteiger partial charge in [-0.3, -0.25) is 9.29 Å². The monoisotopic (exact) mass is 459 g/mol. The number of rotatable bonds is 3. The number of sulfonamides is 1. The summed E-state index contributed by atoms with van der Waals surface area (Å²) in [6.07, 6.45) is 5.39. The maximum absolute atomic E-state index is 13.4. The Morgan fingerprint density at radius 3 is 2.43 bits per heavy atom. The standard InChI is InChI=1S/C18H17Cl2N2O4S2/c1-18(2)12-6-5-9-21-14(12)10-15(28(18,25)26)11-7-8-13(19)17(16(11)20)22(3)27(4,23)24/h5-9H,1-4H3. The highest BCUT2D eigenvalue weighted by atomic mass is 35.5. The summed E-state index contributed by atoms with van der Waals surface area (Å²) in [5.41, 5.74) is 1.03. The molecule has 149 valence electrons. The smallest absolute Gasteiger partial charge is 0.232 e. The maximum Gasteiger partial charge on any atom is 0.232 e. The van der Waals surface area contributed by atoms with Crippen molar-refractivity contribution in [2.45, 2.75) is 18.6 Å². The fourth-order valence-electron chi connectivity index (χ4n) is 2.95. The maximum atomic E-state index is 13.4. The average Bonchev–Trinajstić information content (AvgIpc) is 2.58. The molecule has 1 aliphatic heterocycles. The van der Waals surface area contributed by atoms with Crippen molar-refractivity contribution in [1.29, 1.82) is 0 Å². The minimum Gasteiger partial charge on any atom is -0.270 e. The van der Waals surface area contributed by atoms with Gasteiger partial charge in [0.2, 0.25) is 10.0 Å². The molecule has 0 spiro atoms. The Kier molecular flexibility index (Phi) is 5.07. The second-order valence-corrected chi connectivity index (χ2v) is 12.1. The molecule has 1 aromatic carbocycles. The van der Waals surface area contributed by atoms with Gasteiger partial charge in [-0.05, 0) is 31.5 Å². The SMILES string of the molecule is CN(c1c(Cl)ccc(C2=[C]c3ncccc3C(C)(C)S2(=O)=O)c1Cl)S(C)(=O)=O. The van der Waals surface area contributed by atoms with Crippen molar-refractivity contribution in [3.8, 4) is 0 Å². The molecule has 0 bridgehead atoms.